The van der Waals surface area contributed by atoms with E-state index in [1.165, 1.54) is 12.1 Å². The van der Waals surface area contributed by atoms with Crippen LogP contribution in [0.2, 0.25) is 0 Å². The van der Waals surface area contributed by atoms with Gasteiger partial charge in [0.05, 0.1) is 5.52 Å². The van der Waals surface area contributed by atoms with Crippen molar-refractivity contribution in [1.29, 1.82) is 0 Å². The van der Waals surface area contributed by atoms with Gasteiger partial charge in [0.25, 0.3) is 11.6 Å². The van der Waals surface area contributed by atoms with Gasteiger partial charge >= 0.3 is 12.4 Å². The third-order valence-corrected chi connectivity index (χ3v) is 6.55. The molecule has 202 valence electrons. The molecule has 10 heteroatoms. The van der Waals surface area contributed by atoms with Crippen LogP contribution in [-0.4, -0.2) is 33.5 Å². The molecule has 0 unspecified atom stereocenters. The average Bonchev–Trinajstić information content (AvgIpc) is 3.36. The quantitative estimate of drug-likeness (QED) is 0.163. The average molecular weight is 552 g/mol. The second-order valence-electron chi connectivity index (χ2n) is 9.10. The maximum atomic E-state index is 13.2. The summed E-state index contributed by atoms with van der Waals surface area (Å²) in [6.45, 7) is 1.67. The van der Waals surface area contributed by atoms with Gasteiger partial charge in [0.15, 0.2) is 0 Å². The highest BCUT2D eigenvalue weighted by molar-refractivity contribution is 6.02. The van der Waals surface area contributed by atoms with Crippen molar-refractivity contribution in [2.24, 2.45) is 0 Å². The van der Waals surface area contributed by atoms with E-state index < -0.39 is 35.0 Å². The molecule has 5 aromatic rings. The standard InChI is InChI=1S/C30H18F6N2O2/c1-17-24(18-4-2-6-20(12-18)27(39)29(31,32)33)14-23(38-11-9-22-16-37-10-8-26(22)38)15-25(17)19-5-3-7-21(13-19)28(40)30(34,35)36/h2-16H,1H3. The number of hydrogen-bond donors (Lipinski definition) is 0. The lowest BCUT2D eigenvalue weighted by Crippen LogP contribution is -2.22. The van der Waals surface area contributed by atoms with Gasteiger partial charge in [-0.2, -0.15) is 26.3 Å². The zero-order chi connectivity index (χ0) is 28.8. The number of benzene rings is 3. The first-order chi connectivity index (χ1) is 18.8. The highest BCUT2D eigenvalue weighted by Crippen LogP contribution is 2.37. The first kappa shape index (κ1) is 26.9. The minimum Gasteiger partial charge on any atom is -0.316 e. The van der Waals surface area contributed by atoms with Crippen molar-refractivity contribution >= 4 is 22.5 Å². The SMILES string of the molecule is Cc1c(-c2cccc(C(=O)C(F)(F)F)c2)cc(-n2ccc3cnccc32)cc1-c1cccc(C(=O)C(F)(F)F)c1. The van der Waals surface area contributed by atoms with Crippen LogP contribution in [0.4, 0.5) is 26.3 Å². The lowest BCUT2D eigenvalue weighted by Gasteiger charge is -2.18. The molecule has 2 heterocycles. The highest BCUT2D eigenvalue weighted by atomic mass is 19.4. The van der Waals surface area contributed by atoms with Crippen LogP contribution in [0, 0.1) is 6.92 Å². The van der Waals surface area contributed by atoms with E-state index in [1.807, 2.05) is 6.07 Å². The minimum atomic E-state index is -5.07. The zero-order valence-electron chi connectivity index (χ0n) is 20.6. The molecule has 0 radical (unpaired) electrons. The first-order valence-corrected chi connectivity index (χ1v) is 11.8. The van der Waals surface area contributed by atoms with Crippen molar-refractivity contribution in [3.05, 3.63) is 108 Å². The van der Waals surface area contributed by atoms with Crippen LogP contribution < -0.4 is 0 Å². The Balaban J connectivity index is 1.75. The lowest BCUT2D eigenvalue weighted by atomic mass is 9.90. The van der Waals surface area contributed by atoms with Crippen molar-refractivity contribution in [1.82, 2.24) is 9.55 Å². The summed E-state index contributed by atoms with van der Waals surface area (Å²) in [7, 11) is 0. The molecule has 0 aliphatic rings. The van der Waals surface area contributed by atoms with E-state index in [2.05, 4.69) is 4.98 Å². The van der Waals surface area contributed by atoms with E-state index >= 15 is 0 Å². The molecule has 5 rings (SSSR count). The Bertz CT molecular complexity index is 1690. The van der Waals surface area contributed by atoms with Crippen molar-refractivity contribution in [3.63, 3.8) is 0 Å². The number of halogens is 6. The predicted molar refractivity (Wildman–Crippen MR) is 137 cm³/mol. The van der Waals surface area contributed by atoms with Gasteiger partial charge in [-0.15, -0.1) is 0 Å². The van der Waals surface area contributed by atoms with E-state index in [0.29, 0.717) is 33.5 Å². The van der Waals surface area contributed by atoms with Crippen molar-refractivity contribution in [2.75, 3.05) is 0 Å². The van der Waals surface area contributed by atoms with Gasteiger partial charge in [-0.1, -0.05) is 36.4 Å². The molecular weight excluding hydrogens is 534 g/mol. The second kappa shape index (κ2) is 9.78. The summed E-state index contributed by atoms with van der Waals surface area (Å²) in [6.07, 6.45) is -5.13. The fraction of sp³-hybridized carbons (Fsp3) is 0.100. The largest absolute Gasteiger partial charge is 0.454 e. The molecule has 2 aromatic heterocycles. The van der Waals surface area contributed by atoms with Crippen LogP contribution in [-0.2, 0) is 0 Å². The Morgan fingerprint density at radius 3 is 1.75 bits per heavy atom. The molecule has 3 aromatic carbocycles. The fourth-order valence-corrected chi connectivity index (χ4v) is 4.63. The van der Waals surface area contributed by atoms with Gasteiger partial charge in [-0.3, -0.25) is 14.6 Å². The topological polar surface area (TPSA) is 52.0 Å². The van der Waals surface area contributed by atoms with Gasteiger partial charge in [-0.25, -0.2) is 0 Å². The van der Waals surface area contributed by atoms with Crippen LogP contribution >= 0.6 is 0 Å². The summed E-state index contributed by atoms with van der Waals surface area (Å²) in [5.74, 6) is -3.99. The first-order valence-electron chi connectivity index (χ1n) is 11.8. The summed E-state index contributed by atoms with van der Waals surface area (Å²) in [5, 5.41) is 0.807. The summed E-state index contributed by atoms with van der Waals surface area (Å²) in [4.78, 5) is 28.0. The molecule has 0 saturated carbocycles. The fourth-order valence-electron chi connectivity index (χ4n) is 4.63. The van der Waals surface area contributed by atoms with Gasteiger partial charge in [0.2, 0.25) is 0 Å². The van der Waals surface area contributed by atoms with Gasteiger partial charge in [-0.05, 0) is 71.1 Å². The van der Waals surface area contributed by atoms with E-state index in [0.717, 1.165) is 35.2 Å². The summed E-state index contributed by atoms with van der Waals surface area (Å²) in [5.41, 5.74) is 2.25. The molecule has 0 saturated heterocycles. The second-order valence-corrected chi connectivity index (χ2v) is 9.10. The number of alkyl halides is 6. The van der Waals surface area contributed by atoms with E-state index in [1.54, 1.807) is 60.4 Å². The normalized spacial score (nSPS) is 12.1. The number of hydrogen-bond acceptors (Lipinski definition) is 3. The maximum Gasteiger partial charge on any atom is 0.454 e. The van der Waals surface area contributed by atoms with Crippen LogP contribution in [0.5, 0.6) is 0 Å². The number of nitrogens with zero attached hydrogens (tertiary/aromatic N) is 2. The smallest absolute Gasteiger partial charge is 0.316 e. The maximum absolute atomic E-state index is 13.2. The van der Waals surface area contributed by atoms with Crippen molar-refractivity contribution < 1.29 is 35.9 Å². The third kappa shape index (κ3) is 5.00. The number of Topliss-reactive ketones (excluding diaryl/α,β-unsaturated/α-hetero) is 2. The Kier molecular flexibility index (Phi) is 6.57. The predicted octanol–water partition coefficient (Wildman–Crippen LogP) is 8.16. The molecule has 4 nitrogen and oxygen atoms in total. The molecule has 0 aliphatic heterocycles. The Labute approximate surface area is 223 Å². The lowest BCUT2D eigenvalue weighted by molar-refractivity contribution is -0.0888. The van der Waals surface area contributed by atoms with Crippen LogP contribution in [0.25, 0.3) is 38.8 Å². The summed E-state index contributed by atoms with van der Waals surface area (Å²) in [6, 6.07) is 17.2. The molecule has 0 aliphatic carbocycles. The molecule has 40 heavy (non-hydrogen) atoms. The number of rotatable bonds is 5. The van der Waals surface area contributed by atoms with Gasteiger partial charge in [0.1, 0.15) is 0 Å². The molecular formula is C30H18F6N2O2. The van der Waals surface area contributed by atoms with E-state index in [9.17, 15) is 35.9 Å². The molecule has 0 N–H and O–H groups in total. The zero-order valence-corrected chi connectivity index (χ0v) is 20.6. The van der Waals surface area contributed by atoms with E-state index in [-0.39, 0.29) is 0 Å². The number of ketones is 2. The van der Waals surface area contributed by atoms with E-state index in [4.69, 9.17) is 0 Å². The van der Waals surface area contributed by atoms with Crippen LogP contribution in [0.3, 0.4) is 0 Å². The molecule has 0 bridgehead atoms. The number of carbonyl (C=O) groups is 2. The number of pyridine rings is 1. The Morgan fingerprint density at radius 1 is 0.725 bits per heavy atom. The summed E-state index contributed by atoms with van der Waals surface area (Å²) < 4.78 is 80.7. The Morgan fingerprint density at radius 2 is 1.25 bits per heavy atom. The molecule has 0 spiro atoms. The molecule has 0 amide bonds. The molecule has 0 atom stereocenters. The number of aromatic nitrogens is 2. The monoisotopic (exact) mass is 552 g/mol. The van der Waals surface area contributed by atoms with Crippen molar-refractivity contribution in [2.45, 2.75) is 19.3 Å². The number of fused-ring (bicyclic) bond motifs is 1. The van der Waals surface area contributed by atoms with Crippen LogP contribution in [0.15, 0.2) is 91.4 Å². The van der Waals surface area contributed by atoms with Gasteiger partial charge < -0.3 is 4.57 Å². The third-order valence-electron chi connectivity index (χ3n) is 6.55. The summed E-state index contributed by atoms with van der Waals surface area (Å²) >= 11 is 0. The van der Waals surface area contributed by atoms with Gasteiger partial charge in [0, 0.05) is 40.8 Å². The number of carbonyl (C=O) groups excluding carboxylic acids is 2. The van der Waals surface area contributed by atoms with Crippen molar-refractivity contribution in [3.8, 4) is 27.9 Å². The van der Waals surface area contributed by atoms with Crippen LogP contribution in [0.1, 0.15) is 26.3 Å². The minimum absolute atomic E-state index is 0.302. The highest BCUT2D eigenvalue weighted by Gasteiger charge is 2.40. The Hall–Kier alpha value is -4.73. The molecule has 0 fully saturated rings.